The number of nitrogens with zero attached hydrogens (tertiary/aromatic N) is 4. The molecule has 0 unspecified atom stereocenters. The number of pyridine rings is 1. The van der Waals surface area contributed by atoms with E-state index in [9.17, 15) is 4.79 Å². The second kappa shape index (κ2) is 7.74. The Hall–Kier alpha value is -2.08. The number of aromatic nitrogens is 2. The van der Waals surface area contributed by atoms with E-state index < -0.39 is 0 Å². The number of halogens is 2. The predicted octanol–water partition coefficient (Wildman–Crippen LogP) is 4.22. The molecule has 1 aromatic carbocycles. The number of benzene rings is 1. The van der Waals surface area contributed by atoms with Crippen molar-refractivity contribution in [2.24, 2.45) is 0 Å². The number of hydrogen-bond donors (Lipinski definition) is 0. The molecular weight excluding hydrogens is 395 g/mol. The minimum absolute atomic E-state index is 0.000301. The molecule has 0 radical (unpaired) electrons. The van der Waals surface area contributed by atoms with Crippen LogP contribution in [0.25, 0.3) is 5.65 Å². The van der Waals surface area contributed by atoms with E-state index in [0.29, 0.717) is 28.7 Å². The van der Waals surface area contributed by atoms with E-state index in [-0.39, 0.29) is 5.91 Å². The molecular formula is C21H22Cl2N4O. The highest BCUT2D eigenvalue weighted by Gasteiger charge is 2.24. The SMILES string of the molecule is Cc1ccn2c(CN3CCN(C(=O)c4ccc(Cl)c(Cl)c4)CC3)c(C)nc2c1. The van der Waals surface area contributed by atoms with Crippen LogP contribution in [0, 0.1) is 13.8 Å². The Morgan fingerprint density at radius 3 is 2.50 bits per heavy atom. The zero-order valence-electron chi connectivity index (χ0n) is 16.0. The zero-order valence-corrected chi connectivity index (χ0v) is 17.5. The van der Waals surface area contributed by atoms with Gasteiger partial charge in [-0.3, -0.25) is 9.69 Å². The molecule has 3 heterocycles. The van der Waals surface area contributed by atoms with E-state index >= 15 is 0 Å². The molecule has 0 atom stereocenters. The maximum Gasteiger partial charge on any atom is 0.253 e. The van der Waals surface area contributed by atoms with Gasteiger partial charge in [0.1, 0.15) is 5.65 Å². The van der Waals surface area contributed by atoms with Crippen LogP contribution in [0.1, 0.15) is 27.3 Å². The van der Waals surface area contributed by atoms with Crippen molar-refractivity contribution in [3.05, 3.63) is 69.1 Å². The first-order valence-electron chi connectivity index (χ1n) is 9.33. The van der Waals surface area contributed by atoms with Gasteiger partial charge in [-0.25, -0.2) is 4.98 Å². The first-order chi connectivity index (χ1) is 13.4. The van der Waals surface area contributed by atoms with E-state index in [1.807, 2.05) is 4.90 Å². The van der Waals surface area contributed by atoms with Crippen molar-refractivity contribution in [2.45, 2.75) is 20.4 Å². The van der Waals surface area contributed by atoms with Crippen LogP contribution in [0.2, 0.25) is 10.0 Å². The summed E-state index contributed by atoms with van der Waals surface area (Å²) in [6, 6.07) is 9.24. The normalized spacial score (nSPS) is 15.4. The minimum atomic E-state index is -0.000301. The van der Waals surface area contributed by atoms with Crippen molar-refractivity contribution >= 4 is 34.8 Å². The maximum absolute atomic E-state index is 12.7. The molecule has 0 aliphatic carbocycles. The number of rotatable bonds is 3. The van der Waals surface area contributed by atoms with E-state index in [0.717, 1.165) is 31.0 Å². The monoisotopic (exact) mass is 416 g/mol. The van der Waals surface area contributed by atoms with E-state index in [1.165, 1.54) is 11.3 Å². The second-order valence-corrected chi connectivity index (χ2v) is 8.09. The van der Waals surface area contributed by atoms with Gasteiger partial charge in [-0.1, -0.05) is 23.2 Å². The lowest BCUT2D eigenvalue weighted by Crippen LogP contribution is -2.48. The van der Waals surface area contributed by atoms with Crippen LogP contribution in [-0.2, 0) is 6.54 Å². The van der Waals surface area contributed by atoms with Gasteiger partial charge in [-0.15, -0.1) is 0 Å². The molecule has 1 saturated heterocycles. The van der Waals surface area contributed by atoms with Crippen LogP contribution in [0.4, 0.5) is 0 Å². The van der Waals surface area contributed by atoms with Crippen molar-refractivity contribution < 1.29 is 4.79 Å². The molecule has 4 rings (SSSR count). The van der Waals surface area contributed by atoms with Gasteiger partial charge in [-0.05, 0) is 49.7 Å². The molecule has 146 valence electrons. The standard InChI is InChI=1S/C21H22Cl2N4O/c1-14-5-6-27-19(15(2)24-20(27)11-14)13-25-7-9-26(10-8-25)21(28)16-3-4-17(22)18(23)12-16/h3-6,11-12H,7-10,13H2,1-2H3. The molecule has 28 heavy (non-hydrogen) atoms. The Bertz CT molecular complexity index is 1040. The van der Waals surface area contributed by atoms with Crippen molar-refractivity contribution in [1.82, 2.24) is 19.2 Å². The molecule has 1 aliphatic heterocycles. The highest BCUT2D eigenvalue weighted by Crippen LogP contribution is 2.24. The Morgan fingerprint density at radius 2 is 1.79 bits per heavy atom. The Kier molecular flexibility index (Phi) is 5.32. The minimum Gasteiger partial charge on any atom is -0.336 e. The fourth-order valence-corrected chi connectivity index (χ4v) is 3.94. The molecule has 5 nitrogen and oxygen atoms in total. The predicted molar refractivity (Wildman–Crippen MR) is 112 cm³/mol. The topological polar surface area (TPSA) is 40.9 Å². The summed E-state index contributed by atoms with van der Waals surface area (Å²) in [5.41, 5.74) is 5.04. The van der Waals surface area contributed by atoms with E-state index in [2.05, 4.69) is 46.5 Å². The lowest BCUT2D eigenvalue weighted by Gasteiger charge is -2.34. The molecule has 3 aromatic rings. The number of carbonyl (C=O) groups excluding carboxylic acids is 1. The van der Waals surface area contributed by atoms with Gasteiger partial charge in [0, 0.05) is 44.5 Å². The fourth-order valence-electron chi connectivity index (χ4n) is 3.64. The molecule has 0 spiro atoms. The number of hydrogen-bond acceptors (Lipinski definition) is 3. The van der Waals surface area contributed by atoms with Crippen LogP contribution in [0.15, 0.2) is 36.5 Å². The lowest BCUT2D eigenvalue weighted by atomic mass is 10.1. The molecule has 1 fully saturated rings. The van der Waals surface area contributed by atoms with Gasteiger partial charge < -0.3 is 9.30 Å². The molecule has 1 amide bonds. The van der Waals surface area contributed by atoms with Gasteiger partial charge in [-0.2, -0.15) is 0 Å². The van der Waals surface area contributed by atoms with Crippen LogP contribution in [0.3, 0.4) is 0 Å². The first-order valence-corrected chi connectivity index (χ1v) is 10.1. The van der Waals surface area contributed by atoms with E-state index in [4.69, 9.17) is 23.2 Å². The van der Waals surface area contributed by atoms with Crippen LogP contribution in [-0.4, -0.2) is 51.3 Å². The highest BCUT2D eigenvalue weighted by molar-refractivity contribution is 6.42. The summed E-state index contributed by atoms with van der Waals surface area (Å²) in [6.45, 7) is 7.99. The molecule has 0 saturated carbocycles. The quantitative estimate of drug-likeness (QED) is 0.641. The number of amides is 1. The van der Waals surface area contributed by atoms with Gasteiger partial charge >= 0.3 is 0 Å². The number of aryl methyl sites for hydroxylation is 2. The van der Waals surface area contributed by atoms with E-state index in [1.54, 1.807) is 18.2 Å². The number of fused-ring (bicyclic) bond motifs is 1. The summed E-state index contributed by atoms with van der Waals surface area (Å²) in [4.78, 5) is 21.7. The average Bonchev–Trinajstić information content (AvgIpc) is 2.98. The summed E-state index contributed by atoms with van der Waals surface area (Å²) >= 11 is 12.0. The third kappa shape index (κ3) is 3.75. The average molecular weight is 417 g/mol. The van der Waals surface area contributed by atoms with Crippen LogP contribution < -0.4 is 0 Å². The highest BCUT2D eigenvalue weighted by atomic mass is 35.5. The van der Waals surface area contributed by atoms with Gasteiger partial charge in [0.2, 0.25) is 0 Å². The Morgan fingerprint density at radius 1 is 1.04 bits per heavy atom. The summed E-state index contributed by atoms with van der Waals surface area (Å²) in [5, 5.41) is 0.867. The van der Waals surface area contributed by atoms with Crippen molar-refractivity contribution in [1.29, 1.82) is 0 Å². The molecule has 0 N–H and O–H groups in total. The number of piperazine rings is 1. The van der Waals surface area contributed by atoms with Gasteiger partial charge in [0.15, 0.2) is 0 Å². The fraction of sp³-hybridized carbons (Fsp3) is 0.333. The molecule has 1 aliphatic rings. The Labute approximate surface area is 174 Å². The van der Waals surface area contributed by atoms with Crippen molar-refractivity contribution in [2.75, 3.05) is 26.2 Å². The Balaban J connectivity index is 1.42. The smallest absolute Gasteiger partial charge is 0.253 e. The maximum atomic E-state index is 12.7. The number of carbonyl (C=O) groups is 1. The summed E-state index contributed by atoms with van der Waals surface area (Å²) in [6.07, 6.45) is 2.09. The van der Waals surface area contributed by atoms with Crippen molar-refractivity contribution in [3.63, 3.8) is 0 Å². The third-order valence-electron chi connectivity index (χ3n) is 5.28. The molecule has 2 aromatic heterocycles. The van der Waals surface area contributed by atoms with Crippen LogP contribution in [0.5, 0.6) is 0 Å². The number of imidazole rings is 1. The van der Waals surface area contributed by atoms with Gasteiger partial charge in [0.05, 0.1) is 21.4 Å². The largest absolute Gasteiger partial charge is 0.336 e. The second-order valence-electron chi connectivity index (χ2n) is 7.27. The zero-order chi connectivity index (χ0) is 19.8. The molecule has 0 bridgehead atoms. The van der Waals surface area contributed by atoms with Crippen molar-refractivity contribution in [3.8, 4) is 0 Å². The lowest BCUT2D eigenvalue weighted by molar-refractivity contribution is 0.0626. The van der Waals surface area contributed by atoms with Crippen LogP contribution >= 0.6 is 23.2 Å². The van der Waals surface area contributed by atoms with Gasteiger partial charge in [0.25, 0.3) is 5.91 Å². The summed E-state index contributed by atoms with van der Waals surface area (Å²) in [5.74, 6) is -0.000301. The third-order valence-corrected chi connectivity index (χ3v) is 6.02. The molecule has 7 heteroatoms. The summed E-state index contributed by atoms with van der Waals surface area (Å²) < 4.78 is 2.16. The summed E-state index contributed by atoms with van der Waals surface area (Å²) in [7, 11) is 0. The first kappa shape index (κ1) is 19.2.